The summed E-state index contributed by atoms with van der Waals surface area (Å²) in [5.41, 5.74) is 5.92. The Morgan fingerprint density at radius 3 is 2.58 bits per heavy atom. The number of rotatable bonds is 8. The van der Waals surface area contributed by atoms with Gasteiger partial charge in [0, 0.05) is 17.0 Å². The Bertz CT molecular complexity index is 1430. The summed E-state index contributed by atoms with van der Waals surface area (Å²) in [6, 6.07) is 25.9. The standard InChI is InChI=1S/C29H28N4O2S/c1-19-10-7-8-13-24(19)17-35-25-15-9-14-23(16-25)27-26(21(3)34)20(2)30-28-31-29(32-33(27)28)36-18-22-11-5-4-6-12-22/h4-16,27H,17-18H2,1-3H3,(H,30,31,32). The first-order chi connectivity index (χ1) is 17.5. The Morgan fingerprint density at radius 1 is 1.03 bits per heavy atom. The molecule has 0 radical (unpaired) electrons. The third-order valence-corrected chi connectivity index (χ3v) is 7.16. The molecule has 36 heavy (non-hydrogen) atoms. The van der Waals surface area contributed by atoms with Crippen molar-refractivity contribution in [3.05, 3.63) is 112 Å². The van der Waals surface area contributed by atoms with Crippen molar-refractivity contribution in [1.29, 1.82) is 0 Å². The molecular formula is C29H28N4O2S. The second-order valence-electron chi connectivity index (χ2n) is 8.85. The molecule has 3 aromatic carbocycles. The fourth-order valence-electron chi connectivity index (χ4n) is 4.39. The van der Waals surface area contributed by atoms with Crippen molar-refractivity contribution >= 4 is 23.5 Å². The number of thioether (sulfide) groups is 1. The van der Waals surface area contributed by atoms with Crippen molar-refractivity contribution in [1.82, 2.24) is 14.8 Å². The lowest BCUT2D eigenvalue weighted by molar-refractivity contribution is -0.114. The van der Waals surface area contributed by atoms with Gasteiger partial charge in [0.2, 0.25) is 11.1 Å². The molecular weight excluding hydrogens is 468 g/mol. The van der Waals surface area contributed by atoms with E-state index >= 15 is 0 Å². The summed E-state index contributed by atoms with van der Waals surface area (Å²) in [5.74, 6) is 2.14. The van der Waals surface area contributed by atoms with Gasteiger partial charge in [-0.15, -0.1) is 5.10 Å². The Labute approximate surface area is 215 Å². The summed E-state index contributed by atoms with van der Waals surface area (Å²) in [5, 5.41) is 8.75. The van der Waals surface area contributed by atoms with E-state index in [1.807, 2.05) is 66.2 Å². The molecule has 2 heterocycles. The van der Waals surface area contributed by atoms with Crippen LogP contribution in [0.25, 0.3) is 0 Å². The van der Waals surface area contributed by atoms with E-state index in [-0.39, 0.29) is 11.8 Å². The molecule has 1 aliphatic rings. The van der Waals surface area contributed by atoms with E-state index in [1.165, 1.54) is 11.1 Å². The monoisotopic (exact) mass is 496 g/mol. The number of carbonyl (C=O) groups excluding carboxylic acids is 1. The van der Waals surface area contributed by atoms with E-state index in [4.69, 9.17) is 14.8 Å². The van der Waals surface area contributed by atoms with Crippen LogP contribution < -0.4 is 10.1 Å². The highest BCUT2D eigenvalue weighted by atomic mass is 32.2. The quantitative estimate of drug-likeness (QED) is 0.287. The van der Waals surface area contributed by atoms with Crippen LogP contribution in [0, 0.1) is 6.92 Å². The van der Waals surface area contributed by atoms with Crippen LogP contribution in [0.2, 0.25) is 0 Å². The van der Waals surface area contributed by atoms with Gasteiger partial charge in [-0.2, -0.15) is 4.98 Å². The van der Waals surface area contributed by atoms with Crippen LogP contribution in [0.3, 0.4) is 0 Å². The Balaban J connectivity index is 1.44. The van der Waals surface area contributed by atoms with Crippen LogP contribution in [-0.4, -0.2) is 20.5 Å². The van der Waals surface area contributed by atoms with Crippen LogP contribution in [-0.2, 0) is 17.2 Å². The molecule has 7 heteroatoms. The van der Waals surface area contributed by atoms with E-state index in [9.17, 15) is 4.79 Å². The smallest absolute Gasteiger partial charge is 0.227 e. The fourth-order valence-corrected chi connectivity index (χ4v) is 5.17. The predicted octanol–water partition coefficient (Wildman–Crippen LogP) is 6.34. The first-order valence-corrected chi connectivity index (χ1v) is 12.9. The molecule has 4 aromatic rings. The summed E-state index contributed by atoms with van der Waals surface area (Å²) in [6.07, 6.45) is 0. The van der Waals surface area contributed by atoms with Gasteiger partial charge in [-0.1, -0.05) is 78.5 Å². The molecule has 0 spiro atoms. The van der Waals surface area contributed by atoms with Gasteiger partial charge in [0.15, 0.2) is 5.78 Å². The highest BCUT2D eigenvalue weighted by Gasteiger charge is 2.33. The molecule has 5 rings (SSSR count). The van der Waals surface area contributed by atoms with E-state index < -0.39 is 0 Å². The van der Waals surface area contributed by atoms with Gasteiger partial charge in [-0.25, -0.2) is 4.68 Å². The van der Waals surface area contributed by atoms with Crippen molar-refractivity contribution in [3.8, 4) is 5.75 Å². The molecule has 0 fully saturated rings. The molecule has 1 N–H and O–H groups in total. The molecule has 0 aliphatic carbocycles. The van der Waals surface area contributed by atoms with Crippen LogP contribution in [0.1, 0.15) is 42.1 Å². The fraction of sp³-hybridized carbons (Fsp3) is 0.207. The van der Waals surface area contributed by atoms with Gasteiger partial charge < -0.3 is 10.1 Å². The van der Waals surface area contributed by atoms with Crippen molar-refractivity contribution in [3.63, 3.8) is 0 Å². The maximum atomic E-state index is 12.8. The normalized spacial score (nSPS) is 14.8. The minimum absolute atomic E-state index is 0.00382. The number of aryl methyl sites for hydroxylation is 1. The maximum Gasteiger partial charge on any atom is 0.227 e. The molecule has 1 unspecified atom stereocenters. The number of hydrogen-bond acceptors (Lipinski definition) is 6. The molecule has 0 saturated carbocycles. The number of carbonyl (C=O) groups is 1. The first-order valence-electron chi connectivity index (χ1n) is 11.9. The zero-order chi connectivity index (χ0) is 25.1. The van der Waals surface area contributed by atoms with Gasteiger partial charge in [0.25, 0.3) is 0 Å². The Hall–Kier alpha value is -3.84. The van der Waals surface area contributed by atoms with Gasteiger partial charge >= 0.3 is 0 Å². The SMILES string of the molecule is CC(=O)C1=C(C)Nc2nc(SCc3ccccc3)nn2C1c1cccc(OCc2ccccc2C)c1. The average molecular weight is 497 g/mol. The molecule has 0 amide bonds. The molecule has 6 nitrogen and oxygen atoms in total. The molecule has 1 atom stereocenters. The van der Waals surface area contributed by atoms with Crippen LogP contribution >= 0.6 is 11.8 Å². The largest absolute Gasteiger partial charge is 0.489 e. The van der Waals surface area contributed by atoms with E-state index in [1.54, 1.807) is 18.7 Å². The number of nitrogens with zero attached hydrogens (tertiary/aromatic N) is 3. The number of fused-ring (bicyclic) bond motifs is 1. The average Bonchev–Trinajstić information content (AvgIpc) is 3.29. The maximum absolute atomic E-state index is 12.8. The molecule has 0 bridgehead atoms. The number of allylic oxidation sites excluding steroid dienone is 2. The summed E-state index contributed by atoms with van der Waals surface area (Å²) < 4.78 is 7.96. The lowest BCUT2D eigenvalue weighted by Crippen LogP contribution is -2.27. The zero-order valence-corrected chi connectivity index (χ0v) is 21.4. The second-order valence-corrected chi connectivity index (χ2v) is 9.79. The zero-order valence-electron chi connectivity index (χ0n) is 20.6. The van der Waals surface area contributed by atoms with E-state index in [0.29, 0.717) is 23.3 Å². The third kappa shape index (κ3) is 5.06. The molecule has 1 aromatic heterocycles. The van der Waals surface area contributed by atoms with Crippen LogP contribution in [0.5, 0.6) is 5.75 Å². The van der Waals surface area contributed by atoms with Crippen LogP contribution in [0.4, 0.5) is 5.95 Å². The minimum atomic E-state index is -0.390. The number of benzene rings is 3. The van der Waals surface area contributed by atoms with Gasteiger partial charge in [-0.3, -0.25) is 4.79 Å². The first kappa shape index (κ1) is 23.9. The van der Waals surface area contributed by atoms with Crippen molar-refractivity contribution < 1.29 is 9.53 Å². The Morgan fingerprint density at radius 2 is 1.81 bits per heavy atom. The van der Waals surface area contributed by atoms with Crippen molar-refractivity contribution in [2.45, 2.75) is 44.3 Å². The number of nitrogens with one attached hydrogen (secondary N) is 1. The van der Waals surface area contributed by atoms with Crippen molar-refractivity contribution in [2.24, 2.45) is 0 Å². The number of hydrogen-bond donors (Lipinski definition) is 1. The minimum Gasteiger partial charge on any atom is -0.489 e. The van der Waals surface area contributed by atoms with Gasteiger partial charge in [0.05, 0.1) is 0 Å². The lowest BCUT2D eigenvalue weighted by atomic mass is 9.93. The number of Topliss-reactive ketones (excluding diaryl/α,β-unsaturated/α-hetero) is 1. The lowest BCUT2D eigenvalue weighted by Gasteiger charge is -2.28. The summed E-state index contributed by atoms with van der Waals surface area (Å²) >= 11 is 1.57. The third-order valence-electron chi connectivity index (χ3n) is 6.25. The van der Waals surface area contributed by atoms with Gasteiger partial charge in [-0.05, 0) is 55.2 Å². The molecule has 182 valence electrons. The Kier molecular flexibility index (Phi) is 6.91. The topological polar surface area (TPSA) is 69.0 Å². The predicted molar refractivity (Wildman–Crippen MR) is 143 cm³/mol. The number of ketones is 1. The highest BCUT2D eigenvalue weighted by Crippen LogP contribution is 2.37. The number of aromatic nitrogens is 3. The van der Waals surface area contributed by atoms with E-state index in [2.05, 4.69) is 36.5 Å². The molecule has 1 aliphatic heterocycles. The highest BCUT2D eigenvalue weighted by molar-refractivity contribution is 7.98. The summed E-state index contributed by atoms with van der Waals surface area (Å²) in [6.45, 7) is 6.07. The summed E-state index contributed by atoms with van der Waals surface area (Å²) in [4.78, 5) is 17.5. The number of ether oxygens (including phenoxy) is 1. The second kappa shape index (κ2) is 10.4. The van der Waals surface area contributed by atoms with E-state index in [0.717, 1.165) is 28.3 Å². The number of anilines is 1. The van der Waals surface area contributed by atoms with Crippen LogP contribution in [0.15, 0.2) is 95.3 Å². The molecule has 0 saturated heterocycles. The van der Waals surface area contributed by atoms with Crippen molar-refractivity contribution in [2.75, 3.05) is 5.32 Å². The van der Waals surface area contributed by atoms with Gasteiger partial charge in [0.1, 0.15) is 18.4 Å². The summed E-state index contributed by atoms with van der Waals surface area (Å²) in [7, 11) is 0.